The number of halogens is 5. The van der Waals surface area contributed by atoms with E-state index in [0.717, 1.165) is 165 Å². The van der Waals surface area contributed by atoms with E-state index < -0.39 is 16.7 Å². The summed E-state index contributed by atoms with van der Waals surface area (Å²) in [6.07, 6.45) is 16.3. The number of nitrogens with zero attached hydrogens (tertiary/aromatic N) is 4. The van der Waals surface area contributed by atoms with Crippen molar-refractivity contribution >= 4 is 102 Å². The molecule has 0 fully saturated rings. The molecule has 23 nitrogen and oxygen atoms in total. The number of alkyl halides is 3. The number of ether oxygens (including phenoxy) is 2. The number of rotatable bonds is 32. The number of amides is 8. The lowest BCUT2D eigenvalue weighted by Gasteiger charge is -2.23. The second-order valence-corrected chi connectivity index (χ2v) is 29.5. The zero-order valence-corrected chi connectivity index (χ0v) is 73.6. The summed E-state index contributed by atoms with van der Waals surface area (Å²) in [4.78, 5) is 118. The quantitative estimate of drug-likeness (QED) is 0.00861. The second kappa shape index (κ2) is 62.2. The van der Waals surface area contributed by atoms with E-state index in [1.807, 2.05) is 126 Å². The van der Waals surface area contributed by atoms with Crippen LogP contribution in [0.3, 0.4) is 0 Å². The molecule has 8 amide bonds. The first-order chi connectivity index (χ1) is 62.1. The maximum absolute atomic E-state index is 12.6. The Labute approximate surface area is 753 Å². The van der Waals surface area contributed by atoms with E-state index in [1.54, 1.807) is 48.3 Å². The third-order valence-electron chi connectivity index (χ3n) is 19.4. The standard InChI is InChI=1S/C14H12O.2C13H15NO2.C11H14N2O2.C11H13NO.C10H11BrO.C10H10F3NO.C9H10FNO.C9H10N2O3/c15-11-10-12-6-8-14(9-7-12)13-4-2-1-3-5-13;1-16-13-4-2-3-12(9-13)11-5-7-14(10-15)8-6-11;1-16-13-5-3-2-4-12(13)11-6-8-14(10-15)9-7-11;1-9(15)13-11-4-2-3-10(7-11)5-6-12-8-14;13-9-12-7-5-10-3-1-2-4-11(10)6-8-12;11-10-6-4-9(5-7-10)3-1-2-8-12;11-10(12,13)9-3-1-2-8(6-9)4-5-14-7-15;10-9-3-1-2-8(6-9)4-5-11-7-12;12-7-10-5-4-8-2-1-3-9(6-8)11(13)14/h1-9,11H,10H2;2-5,9-10H,6-8H2,1H3;2-6,10H,7-9H2,1H3;2-4,7-8H,5-6H2,1H3,(H,12,14)(H,13,15);1-4,9H,5-8H2;4-8H,1-3H2;1-3,6-7H,4-5H2,(H,14,15);1-3,6-7H,4-5H2,(H,11,12);1-3,6-7H,4-5H2,(H,10,12). The number of nitro benzene ring substituents is 1. The molecular weight excluding hydrogens is 1710 g/mol. The topological polar surface area (TPSA) is 302 Å². The fourth-order valence-corrected chi connectivity index (χ4v) is 13.0. The summed E-state index contributed by atoms with van der Waals surface area (Å²) in [7, 11) is 3.35. The highest BCUT2D eigenvalue weighted by Gasteiger charge is 2.30. The molecule has 3 aliphatic heterocycles. The molecule has 0 saturated heterocycles. The van der Waals surface area contributed by atoms with Gasteiger partial charge in [0, 0.05) is 113 Å². The van der Waals surface area contributed by atoms with Gasteiger partial charge >= 0.3 is 6.18 Å². The summed E-state index contributed by atoms with van der Waals surface area (Å²) in [5.74, 6) is 1.45. The molecule has 10 aromatic rings. The molecule has 0 spiro atoms. The van der Waals surface area contributed by atoms with Crippen LogP contribution in [0.2, 0.25) is 0 Å². The van der Waals surface area contributed by atoms with Crippen molar-refractivity contribution in [3.63, 3.8) is 0 Å². The Balaban J connectivity index is 0.000000256. The molecule has 3 aliphatic rings. The van der Waals surface area contributed by atoms with E-state index in [-0.39, 0.29) is 17.4 Å². The Morgan fingerprint density at radius 2 is 0.938 bits per heavy atom. The highest BCUT2D eigenvalue weighted by atomic mass is 79.9. The van der Waals surface area contributed by atoms with E-state index >= 15 is 0 Å². The maximum atomic E-state index is 12.6. The van der Waals surface area contributed by atoms with Gasteiger partial charge in [-0.2, -0.15) is 13.2 Å². The number of carbonyl (C=O) groups excluding carboxylic acids is 10. The van der Waals surface area contributed by atoms with Crippen molar-refractivity contribution in [3.05, 3.63) is 342 Å². The molecular formula is C100H110BrF4N9O14. The largest absolute Gasteiger partial charge is 0.497 e. The van der Waals surface area contributed by atoms with Crippen LogP contribution < -0.4 is 36.1 Å². The van der Waals surface area contributed by atoms with Crippen LogP contribution in [0.15, 0.2) is 265 Å². The van der Waals surface area contributed by atoms with Gasteiger partial charge in [0.05, 0.1) is 24.7 Å². The summed E-state index contributed by atoms with van der Waals surface area (Å²) in [5.41, 5.74) is 16.0. The molecule has 674 valence electrons. The summed E-state index contributed by atoms with van der Waals surface area (Å²) in [6.45, 7) is 8.16. The third kappa shape index (κ3) is 42.6. The lowest BCUT2D eigenvalue weighted by atomic mass is 9.99. The average molecular weight is 1820 g/mol. The monoisotopic (exact) mass is 1820 g/mol. The van der Waals surface area contributed by atoms with Crippen LogP contribution >= 0.6 is 15.9 Å². The van der Waals surface area contributed by atoms with Crippen LogP contribution in [0.5, 0.6) is 11.5 Å². The number of unbranched alkanes of at least 4 members (excludes halogenated alkanes) is 1. The Morgan fingerprint density at radius 1 is 0.461 bits per heavy atom. The molecule has 0 radical (unpaired) electrons. The number of anilines is 1. The Kier molecular flexibility index (Phi) is 50.8. The number of hydrogen-bond donors (Lipinski definition) is 5. The highest BCUT2D eigenvalue weighted by molar-refractivity contribution is 9.10. The molecule has 3 heterocycles. The maximum Gasteiger partial charge on any atom is 0.416 e. The lowest BCUT2D eigenvalue weighted by Crippen LogP contribution is -2.26. The molecule has 0 aromatic heterocycles. The summed E-state index contributed by atoms with van der Waals surface area (Å²) in [5, 5.41) is 23.1. The zero-order chi connectivity index (χ0) is 92.8. The molecule has 13 rings (SSSR count). The van der Waals surface area contributed by atoms with Gasteiger partial charge < -0.3 is 60.3 Å². The number of hydrogen-bond acceptors (Lipinski definition) is 14. The van der Waals surface area contributed by atoms with Gasteiger partial charge in [0.15, 0.2) is 0 Å². The Morgan fingerprint density at radius 3 is 1.44 bits per heavy atom. The van der Waals surface area contributed by atoms with Crippen LogP contribution in [-0.2, 0) is 105 Å². The van der Waals surface area contributed by atoms with Gasteiger partial charge in [-0.3, -0.25) is 48.5 Å². The van der Waals surface area contributed by atoms with Gasteiger partial charge in [0.1, 0.15) is 29.9 Å². The number of non-ortho nitro benzene ring substituents is 1. The third-order valence-corrected chi connectivity index (χ3v) is 20.0. The smallest absolute Gasteiger partial charge is 0.416 e. The normalized spacial score (nSPS) is 11.9. The van der Waals surface area contributed by atoms with E-state index in [1.165, 1.54) is 81.8 Å². The average Bonchev–Trinajstić information content (AvgIpc) is 0.962. The Hall–Kier alpha value is -14.0. The number of aldehydes is 2. The van der Waals surface area contributed by atoms with Crippen molar-refractivity contribution in [2.24, 2.45) is 0 Å². The molecule has 0 unspecified atom stereocenters. The fraction of sp³-hybridized carbons (Fsp3) is 0.260. The minimum Gasteiger partial charge on any atom is -0.497 e. The van der Waals surface area contributed by atoms with Crippen LogP contribution in [0.1, 0.15) is 93.8 Å². The molecule has 0 aliphatic carbocycles. The molecule has 5 N–H and O–H groups in total. The van der Waals surface area contributed by atoms with E-state index in [0.29, 0.717) is 103 Å². The Bertz CT molecular complexity index is 5060. The van der Waals surface area contributed by atoms with Gasteiger partial charge in [-0.1, -0.05) is 204 Å². The predicted molar refractivity (Wildman–Crippen MR) is 495 cm³/mol. The van der Waals surface area contributed by atoms with E-state index in [2.05, 4.69) is 115 Å². The van der Waals surface area contributed by atoms with Crippen LogP contribution in [-0.4, -0.2) is 163 Å². The first-order valence-electron chi connectivity index (χ1n) is 41.4. The van der Waals surface area contributed by atoms with Crippen LogP contribution in [0.25, 0.3) is 22.3 Å². The first-order valence-corrected chi connectivity index (χ1v) is 42.2. The number of nitro groups is 1. The van der Waals surface area contributed by atoms with Gasteiger partial charge in [-0.05, 0) is 197 Å². The number of aryl methyl sites for hydroxylation is 1. The van der Waals surface area contributed by atoms with Crippen LogP contribution in [0, 0.1) is 15.9 Å². The van der Waals surface area contributed by atoms with Crippen molar-refractivity contribution in [1.29, 1.82) is 0 Å². The minimum atomic E-state index is -4.31. The van der Waals surface area contributed by atoms with Crippen molar-refractivity contribution in [3.8, 4) is 22.6 Å². The van der Waals surface area contributed by atoms with Crippen molar-refractivity contribution in [1.82, 2.24) is 36.0 Å². The predicted octanol–water partition coefficient (Wildman–Crippen LogP) is 16.1. The number of carbonyl (C=O) groups is 10. The summed E-state index contributed by atoms with van der Waals surface area (Å²) < 4.78 is 61.1. The molecule has 0 atom stereocenters. The highest BCUT2D eigenvalue weighted by Crippen LogP contribution is 2.32. The van der Waals surface area contributed by atoms with Gasteiger partial charge in [0.25, 0.3) is 5.69 Å². The summed E-state index contributed by atoms with van der Waals surface area (Å²) in [6, 6.07) is 76.3. The summed E-state index contributed by atoms with van der Waals surface area (Å²) >= 11 is 3.37. The molecule has 128 heavy (non-hydrogen) atoms. The van der Waals surface area contributed by atoms with Crippen molar-refractivity contribution < 1.29 is 79.9 Å². The van der Waals surface area contributed by atoms with Gasteiger partial charge in [0.2, 0.25) is 50.8 Å². The van der Waals surface area contributed by atoms with Crippen molar-refractivity contribution in [2.45, 2.75) is 90.1 Å². The molecule has 0 saturated carbocycles. The lowest BCUT2D eigenvalue weighted by molar-refractivity contribution is -0.384. The minimum absolute atomic E-state index is 0.0774. The number of nitrogens with one attached hydrogen (secondary N) is 5. The molecule has 0 bridgehead atoms. The van der Waals surface area contributed by atoms with Gasteiger partial charge in [-0.25, -0.2) is 4.39 Å². The van der Waals surface area contributed by atoms with E-state index in [4.69, 9.17) is 9.47 Å². The second-order valence-electron chi connectivity index (χ2n) is 28.5. The number of fused-ring (bicyclic) bond motifs is 1. The van der Waals surface area contributed by atoms with E-state index in [9.17, 15) is 75.6 Å². The SMILES string of the molecule is CC(=O)Nc1cccc(CCNC=O)c1.COc1cccc(C2=CCN(C=O)CC2)c1.COc1ccccc1C1=CCN(C=O)CC1.O=CCCCc1ccc(Br)cc1.O=CCc1ccc(-c2ccccc2)cc1.O=CN1CCc2ccccc2CC1.O=CNCCc1cccc(C(F)(F)F)c1.O=CNCCc1cccc(F)c1.O=CNCCc1cccc([N+](=O)[O-])c1. The van der Waals surface area contributed by atoms with Crippen molar-refractivity contribution in [2.75, 3.05) is 85.0 Å². The van der Waals surface area contributed by atoms with Crippen LogP contribution in [0.4, 0.5) is 28.9 Å². The molecule has 10 aromatic carbocycles. The van der Waals surface area contributed by atoms with Gasteiger partial charge in [-0.15, -0.1) is 0 Å². The molecule has 28 heteroatoms. The number of methoxy groups -OCH3 is 2. The number of benzene rings is 10. The fourth-order valence-electron chi connectivity index (χ4n) is 12.7. The first kappa shape index (κ1) is 105. The number of para-hydroxylation sites is 1. The zero-order valence-electron chi connectivity index (χ0n) is 72.0.